The molecular weight excluding hydrogens is 296 g/mol. The molecule has 1 aromatic carbocycles. The predicted molar refractivity (Wildman–Crippen MR) is 77.3 cm³/mol. The van der Waals surface area contributed by atoms with Gasteiger partial charge in [-0.3, -0.25) is 9.69 Å². The van der Waals surface area contributed by atoms with Crippen LogP contribution < -0.4 is 5.73 Å². The van der Waals surface area contributed by atoms with Gasteiger partial charge in [0.2, 0.25) is 5.91 Å². The fourth-order valence-corrected chi connectivity index (χ4v) is 3.12. The highest BCUT2D eigenvalue weighted by Crippen LogP contribution is 2.27. The first-order valence-electron chi connectivity index (χ1n) is 6.22. The van der Waals surface area contributed by atoms with Crippen molar-refractivity contribution in [3.63, 3.8) is 0 Å². The lowest BCUT2D eigenvalue weighted by atomic mass is 9.93. The van der Waals surface area contributed by atoms with E-state index in [1.54, 1.807) is 0 Å². The summed E-state index contributed by atoms with van der Waals surface area (Å²) in [6.07, 6.45) is 0.626. The first-order chi connectivity index (χ1) is 9.65. The van der Waals surface area contributed by atoms with Gasteiger partial charge in [-0.25, -0.2) is 0 Å². The van der Waals surface area contributed by atoms with Gasteiger partial charge in [-0.05, 0) is 17.5 Å². The van der Waals surface area contributed by atoms with Crippen molar-refractivity contribution in [3.05, 3.63) is 45.4 Å². The first kappa shape index (κ1) is 13.5. The smallest absolute Gasteiger partial charge is 0.235 e. The Bertz CT molecular complexity index is 645. The molecule has 0 saturated carbocycles. The van der Waals surface area contributed by atoms with Gasteiger partial charge in [-0.2, -0.15) is 0 Å². The Morgan fingerprint density at radius 1 is 1.45 bits per heavy atom. The number of hydrogen-bond acceptors (Lipinski definition) is 5. The minimum atomic E-state index is -0.331. The lowest BCUT2D eigenvalue weighted by molar-refractivity contribution is -0.124. The number of nitrogens with two attached hydrogens (primary N) is 1. The Morgan fingerprint density at radius 2 is 2.20 bits per heavy atom. The Morgan fingerprint density at radius 3 is 2.85 bits per heavy atom. The highest BCUT2D eigenvalue weighted by molar-refractivity contribution is 7.10. The van der Waals surface area contributed by atoms with Gasteiger partial charge in [0.05, 0.1) is 6.04 Å². The quantitative estimate of drug-likeness (QED) is 0.935. The van der Waals surface area contributed by atoms with Crippen molar-refractivity contribution >= 4 is 29.0 Å². The fourth-order valence-electron chi connectivity index (χ4n) is 2.51. The van der Waals surface area contributed by atoms with Crippen LogP contribution >= 0.6 is 23.1 Å². The molecule has 7 heteroatoms. The molecule has 1 atom stereocenters. The van der Waals surface area contributed by atoms with E-state index in [0.29, 0.717) is 29.5 Å². The van der Waals surface area contributed by atoms with Crippen LogP contribution in [-0.4, -0.2) is 26.4 Å². The molecule has 104 valence electrons. The molecule has 0 spiro atoms. The maximum Gasteiger partial charge on any atom is 0.235 e. The van der Waals surface area contributed by atoms with Crippen molar-refractivity contribution < 1.29 is 4.79 Å². The molecule has 1 aliphatic heterocycles. The highest BCUT2D eigenvalue weighted by Gasteiger charge is 2.30. The molecule has 5 nitrogen and oxygen atoms in total. The second-order valence-electron chi connectivity index (χ2n) is 4.79. The van der Waals surface area contributed by atoms with E-state index in [-0.39, 0.29) is 11.9 Å². The van der Waals surface area contributed by atoms with Crippen LogP contribution in [0.15, 0.2) is 24.3 Å². The van der Waals surface area contributed by atoms with Crippen LogP contribution in [0.25, 0.3) is 0 Å². The number of carbonyl (C=O) groups excluding carboxylic acids is 1. The topological polar surface area (TPSA) is 72.1 Å². The summed E-state index contributed by atoms with van der Waals surface area (Å²) in [5.41, 5.74) is 8.62. The van der Waals surface area contributed by atoms with Crippen molar-refractivity contribution in [2.75, 3.05) is 0 Å². The third-order valence-corrected chi connectivity index (χ3v) is 4.52. The molecule has 2 heterocycles. The number of hydrogen-bond donors (Lipinski definition) is 1. The molecule has 0 radical (unpaired) electrons. The summed E-state index contributed by atoms with van der Waals surface area (Å²) in [5.74, 6) is -0.321. The van der Waals surface area contributed by atoms with Crippen LogP contribution in [0.2, 0.25) is 4.34 Å². The molecule has 0 aliphatic carbocycles. The molecule has 1 amide bonds. The van der Waals surface area contributed by atoms with Gasteiger partial charge in [0.1, 0.15) is 10.0 Å². The lowest BCUT2D eigenvalue weighted by Gasteiger charge is -2.34. The maximum atomic E-state index is 11.7. The number of rotatable bonds is 3. The Balaban J connectivity index is 1.89. The number of carbonyl (C=O) groups is 1. The molecule has 1 aromatic heterocycles. The summed E-state index contributed by atoms with van der Waals surface area (Å²) in [5, 5.41) is 4.00. The summed E-state index contributed by atoms with van der Waals surface area (Å²) >= 11 is 7.19. The minimum Gasteiger partial charge on any atom is -0.368 e. The van der Waals surface area contributed by atoms with Gasteiger partial charge >= 0.3 is 0 Å². The summed E-state index contributed by atoms with van der Waals surface area (Å²) in [7, 11) is 0. The first-order valence-corrected chi connectivity index (χ1v) is 7.37. The summed E-state index contributed by atoms with van der Waals surface area (Å²) < 4.78 is 4.38. The molecule has 1 unspecified atom stereocenters. The number of nitrogens with zero attached hydrogens (tertiary/aromatic N) is 3. The van der Waals surface area contributed by atoms with Crippen LogP contribution in [0.3, 0.4) is 0 Å². The van der Waals surface area contributed by atoms with Gasteiger partial charge < -0.3 is 5.73 Å². The number of halogens is 1. The SMILES string of the molecule is NC(=O)C1Cc2ccccc2CN1Cc1nnsc1Cl. The van der Waals surface area contributed by atoms with Crippen LogP contribution in [0.4, 0.5) is 0 Å². The minimum absolute atomic E-state index is 0.321. The van der Waals surface area contributed by atoms with E-state index in [1.807, 2.05) is 23.1 Å². The number of benzene rings is 1. The molecule has 3 rings (SSSR count). The van der Waals surface area contributed by atoms with Gasteiger partial charge in [-0.1, -0.05) is 40.4 Å². The maximum absolute atomic E-state index is 11.7. The zero-order valence-corrected chi connectivity index (χ0v) is 12.2. The van der Waals surface area contributed by atoms with Gasteiger partial charge in [0.25, 0.3) is 0 Å². The van der Waals surface area contributed by atoms with E-state index in [2.05, 4.69) is 15.7 Å². The Hall–Kier alpha value is -1.50. The molecule has 1 aliphatic rings. The standard InChI is InChI=1S/C13H13ClN4OS/c14-12-10(16-17-20-12)7-18-6-9-4-2-1-3-8(9)5-11(18)13(15)19/h1-4,11H,5-7H2,(H2,15,19). The van der Waals surface area contributed by atoms with E-state index in [9.17, 15) is 4.79 Å². The molecule has 20 heavy (non-hydrogen) atoms. The van der Waals surface area contributed by atoms with E-state index in [4.69, 9.17) is 17.3 Å². The van der Waals surface area contributed by atoms with Gasteiger partial charge in [0, 0.05) is 24.6 Å². The normalized spacial score (nSPS) is 18.8. The Kier molecular flexibility index (Phi) is 3.69. The molecular formula is C13H13ClN4OS. The third kappa shape index (κ3) is 2.54. The van der Waals surface area contributed by atoms with Crippen molar-refractivity contribution in [3.8, 4) is 0 Å². The highest BCUT2D eigenvalue weighted by atomic mass is 35.5. The predicted octanol–water partition coefficient (Wildman–Crippen LogP) is 1.60. The van der Waals surface area contributed by atoms with Crippen LogP contribution in [-0.2, 0) is 24.3 Å². The number of aromatic nitrogens is 2. The van der Waals surface area contributed by atoms with Crippen LogP contribution in [0, 0.1) is 0 Å². The number of amides is 1. The molecule has 0 saturated heterocycles. The monoisotopic (exact) mass is 308 g/mol. The van der Waals surface area contributed by atoms with E-state index in [0.717, 1.165) is 11.5 Å². The second kappa shape index (κ2) is 5.47. The third-order valence-electron chi connectivity index (χ3n) is 3.54. The van der Waals surface area contributed by atoms with Crippen molar-refractivity contribution in [1.82, 2.24) is 14.5 Å². The van der Waals surface area contributed by atoms with Gasteiger partial charge in [-0.15, -0.1) is 5.10 Å². The van der Waals surface area contributed by atoms with E-state index in [1.165, 1.54) is 11.1 Å². The average molecular weight is 309 g/mol. The average Bonchev–Trinajstić information content (AvgIpc) is 2.83. The largest absolute Gasteiger partial charge is 0.368 e. The van der Waals surface area contributed by atoms with Crippen molar-refractivity contribution in [2.45, 2.75) is 25.6 Å². The van der Waals surface area contributed by atoms with Gasteiger partial charge in [0.15, 0.2) is 0 Å². The zero-order valence-electron chi connectivity index (χ0n) is 10.6. The van der Waals surface area contributed by atoms with Crippen LogP contribution in [0.5, 0.6) is 0 Å². The lowest BCUT2D eigenvalue weighted by Crippen LogP contribution is -2.48. The molecule has 2 N–H and O–H groups in total. The van der Waals surface area contributed by atoms with Crippen LogP contribution in [0.1, 0.15) is 16.8 Å². The van der Waals surface area contributed by atoms with Crippen molar-refractivity contribution in [1.29, 1.82) is 0 Å². The summed E-state index contributed by atoms with van der Waals surface area (Å²) in [4.78, 5) is 13.7. The van der Waals surface area contributed by atoms with E-state index >= 15 is 0 Å². The Labute approximate surface area is 125 Å². The zero-order chi connectivity index (χ0) is 14.1. The van der Waals surface area contributed by atoms with Crippen molar-refractivity contribution in [2.24, 2.45) is 5.73 Å². The summed E-state index contributed by atoms with van der Waals surface area (Å²) in [6, 6.07) is 7.76. The number of fused-ring (bicyclic) bond motifs is 1. The molecule has 2 aromatic rings. The van der Waals surface area contributed by atoms with E-state index < -0.39 is 0 Å². The fraction of sp³-hybridized carbons (Fsp3) is 0.308. The second-order valence-corrected chi connectivity index (χ2v) is 6.15. The molecule has 0 bridgehead atoms. The number of primary amides is 1. The summed E-state index contributed by atoms with van der Waals surface area (Å²) in [6.45, 7) is 1.15. The molecule has 0 fully saturated rings.